The van der Waals surface area contributed by atoms with E-state index >= 15 is 0 Å². The van der Waals surface area contributed by atoms with Gasteiger partial charge >= 0.3 is 5.69 Å². The molecular formula is C10H10FNO4. The average molecular weight is 227 g/mol. The third kappa shape index (κ3) is 3.01. The molecule has 0 fully saturated rings. The molecule has 0 amide bonds. The van der Waals surface area contributed by atoms with E-state index in [9.17, 15) is 19.3 Å². The van der Waals surface area contributed by atoms with Crippen LogP contribution in [0.5, 0.6) is 5.75 Å². The van der Waals surface area contributed by atoms with E-state index in [0.29, 0.717) is 6.29 Å². The zero-order valence-electron chi connectivity index (χ0n) is 8.39. The zero-order chi connectivity index (χ0) is 12.0. The third-order valence-electron chi connectivity index (χ3n) is 1.85. The summed E-state index contributed by atoms with van der Waals surface area (Å²) in [4.78, 5) is 20.5. The van der Waals surface area contributed by atoms with E-state index in [1.54, 1.807) is 0 Å². The summed E-state index contributed by atoms with van der Waals surface area (Å²) in [6, 6.07) is 3.78. The van der Waals surface area contributed by atoms with Crippen LogP contribution in [0.25, 0.3) is 0 Å². The van der Waals surface area contributed by atoms with E-state index in [2.05, 4.69) is 0 Å². The first-order valence-corrected chi connectivity index (χ1v) is 4.61. The van der Waals surface area contributed by atoms with Gasteiger partial charge in [-0.15, -0.1) is 0 Å². The first-order valence-electron chi connectivity index (χ1n) is 4.61. The number of carbonyl (C=O) groups is 1. The van der Waals surface area contributed by atoms with Crippen LogP contribution in [-0.4, -0.2) is 24.5 Å². The molecule has 0 heterocycles. The second kappa shape index (κ2) is 5.79. The molecule has 0 aromatic heterocycles. The Labute approximate surface area is 91.0 Å². The van der Waals surface area contributed by atoms with Crippen molar-refractivity contribution in [3.05, 3.63) is 33.9 Å². The lowest BCUT2D eigenvalue weighted by Crippen LogP contribution is -2.02. The monoisotopic (exact) mass is 227 g/mol. The van der Waals surface area contributed by atoms with Gasteiger partial charge in [0, 0.05) is 18.1 Å². The molecule has 0 spiro atoms. The van der Waals surface area contributed by atoms with E-state index in [1.165, 1.54) is 18.2 Å². The Kier molecular flexibility index (Phi) is 4.38. The topological polar surface area (TPSA) is 69.4 Å². The van der Waals surface area contributed by atoms with Gasteiger partial charge in [-0.3, -0.25) is 19.3 Å². The van der Waals surface area contributed by atoms with Crippen LogP contribution < -0.4 is 4.74 Å². The van der Waals surface area contributed by atoms with E-state index in [4.69, 9.17) is 4.74 Å². The Morgan fingerprint density at radius 2 is 2.25 bits per heavy atom. The number of ether oxygens (including phenoxy) is 1. The van der Waals surface area contributed by atoms with Crippen molar-refractivity contribution in [2.45, 2.75) is 6.42 Å². The van der Waals surface area contributed by atoms with Crippen molar-refractivity contribution in [1.29, 1.82) is 0 Å². The van der Waals surface area contributed by atoms with Crippen molar-refractivity contribution in [3.8, 4) is 5.75 Å². The highest BCUT2D eigenvalue weighted by molar-refractivity contribution is 5.76. The highest BCUT2D eigenvalue weighted by Crippen LogP contribution is 2.27. The number of nitro benzene ring substituents is 1. The van der Waals surface area contributed by atoms with Crippen LogP contribution in [0.15, 0.2) is 18.2 Å². The predicted octanol–water partition coefficient (Wildman–Crippen LogP) is 2.15. The summed E-state index contributed by atoms with van der Waals surface area (Å²) in [5.74, 6) is -0.0111. The van der Waals surface area contributed by atoms with Crippen LogP contribution in [0.1, 0.15) is 16.8 Å². The van der Waals surface area contributed by atoms with Crippen molar-refractivity contribution < 1.29 is 18.8 Å². The molecule has 5 nitrogen and oxygen atoms in total. The molecule has 0 saturated heterocycles. The number of alkyl halides is 1. The number of benzene rings is 1. The second-order valence-corrected chi connectivity index (χ2v) is 2.99. The lowest BCUT2D eigenvalue weighted by Gasteiger charge is -2.05. The SMILES string of the molecule is O=Cc1ccc([N+](=O)[O-])c(OCCCF)c1. The largest absolute Gasteiger partial charge is 0.487 e. The van der Waals surface area contributed by atoms with Crippen LogP contribution in [-0.2, 0) is 0 Å². The van der Waals surface area contributed by atoms with Crippen molar-refractivity contribution in [1.82, 2.24) is 0 Å². The number of nitrogens with zero attached hydrogens (tertiary/aromatic N) is 1. The van der Waals surface area contributed by atoms with Crippen LogP contribution >= 0.6 is 0 Å². The number of hydrogen-bond donors (Lipinski definition) is 0. The number of hydrogen-bond acceptors (Lipinski definition) is 4. The fraction of sp³-hybridized carbons (Fsp3) is 0.300. The average Bonchev–Trinajstić information content (AvgIpc) is 2.29. The van der Waals surface area contributed by atoms with Crippen LogP contribution in [0, 0.1) is 10.1 Å². The second-order valence-electron chi connectivity index (χ2n) is 2.99. The van der Waals surface area contributed by atoms with E-state index in [0.717, 1.165) is 0 Å². The van der Waals surface area contributed by atoms with Crippen LogP contribution in [0.2, 0.25) is 0 Å². The minimum Gasteiger partial charge on any atom is -0.487 e. The first kappa shape index (κ1) is 12.1. The van der Waals surface area contributed by atoms with Gasteiger partial charge in [0.05, 0.1) is 18.2 Å². The molecule has 0 unspecified atom stereocenters. The molecule has 16 heavy (non-hydrogen) atoms. The quantitative estimate of drug-likeness (QED) is 0.323. The normalized spacial score (nSPS) is 9.81. The molecule has 1 rings (SSSR count). The molecule has 0 atom stereocenters. The standard InChI is InChI=1S/C10H10FNO4/c11-4-1-5-16-10-6-8(7-13)2-3-9(10)12(14)15/h2-3,6-7H,1,4-5H2. The Balaban J connectivity index is 2.91. The Morgan fingerprint density at radius 1 is 1.50 bits per heavy atom. The van der Waals surface area contributed by atoms with E-state index < -0.39 is 11.6 Å². The van der Waals surface area contributed by atoms with Gasteiger partial charge in [0.2, 0.25) is 0 Å². The molecule has 0 radical (unpaired) electrons. The highest BCUT2D eigenvalue weighted by Gasteiger charge is 2.15. The van der Waals surface area contributed by atoms with Crippen molar-refractivity contribution >= 4 is 12.0 Å². The van der Waals surface area contributed by atoms with E-state index in [-0.39, 0.29) is 30.0 Å². The van der Waals surface area contributed by atoms with Gasteiger partial charge in [-0.2, -0.15) is 0 Å². The summed E-state index contributed by atoms with van der Waals surface area (Å²) >= 11 is 0. The molecule has 86 valence electrons. The molecule has 0 bridgehead atoms. The van der Waals surface area contributed by atoms with Gasteiger partial charge in [-0.25, -0.2) is 0 Å². The Bertz CT molecular complexity index is 394. The van der Waals surface area contributed by atoms with Crippen molar-refractivity contribution in [3.63, 3.8) is 0 Å². The van der Waals surface area contributed by atoms with Crippen LogP contribution in [0.3, 0.4) is 0 Å². The number of carbonyl (C=O) groups excluding carboxylic acids is 1. The van der Waals surface area contributed by atoms with Crippen LogP contribution in [0.4, 0.5) is 10.1 Å². The number of nitro groups is 1. The zero-order valence-corrected chi connectivity index (χ0v) is 8.39. The van der Waals surface area contributed by atoms with Crippen molar-refractivity contribution in [2.75, 3.05) is 13.3 Å². The number of aldehydes is 1. The fourth-order valence-corrected chi connectivity index (χ4v) is 1.11. The van der Waals surface area contributed by atoms with Gasteiger partial charge in [-0.05, 0) is 12.1 Å². The summed E-state index contributed by atoms with van der Waals surface area (Å²) in [5, 5.41) is 10.6. The minimum absolute atomic E-state index is 0.0111. The molecule has 0 N–H and O–H groups in total. The lowest BCUT2D eigenvalue weighted by molar-refractivity contribution is -0.385. The van der Waals surface area contributed by atoms with Gasteiger partial charge in [0.25, 0.3) is 0 Å². The van der Waals surface area contributed by atoms with Gasteiger partial charge in [0.15, 0.2) is 5.75 Å². The van der Waals surface area contributed by atoms with Gasteiger partial charge in [-0.1, -0.05) is 0 Å². The van der Waals surface area contributed by atoms with Gasteiger partial charge < -0.3 is 4.74 Å². The summed E-state index contributed by atoms with van der Waals surface area (Å²) in [6.07, 6.45) is 0.716. The smallest absolute Gasteiger partial charge is 0.310 e. The molecule has 0 aliphatic carbocycles. The summed E-state index contributed by atoms with van der Waals surface area (Å²) in [6.45, 7) is -0.513. The molecule has 0 aliphatic rings. The van der Waals surface area contributed by atoms with E-state index in [1.807, 2.05) is 0 Å². The maximum atomic E-state index is 11.8. The predicted molar refractivity (Wildman–Crippen MR) is 54.6 cm³/mol. The Hall–Kier alpha value is -1.98. The lowest BCUT2D eigenvalue weighted by atomic mass is 10.2. The molecule has 0 saturated carbocycles. The number of rotatable bonds is 6. The summed E-state index contributed by atoms with van der Waals surface area (Å²) < 4.78 is 16.9. The highest BCUT2D eigenvalue weighted by atomic mass is 19.1. The maximum absolute atomic E-state index is 11.8. The molecule has 1 aromatic rings. The fourth-order valence-electron chi connectivity index (χ4n) is 1.11. The molecule has 1 aromatic carbocycles. The first-order chi connectivity index (χ1) is 7.69. The molecule has 6 heteroatoms. The minimum atomic E-state index is -0.612. The van der Waals surface area contributed by atoms with Gasteiger partial charge in [0.1, 0.15) is 6.29 Å². The summed E-state index contributed by atoms with van der Waals surface area (Å²) in [5.41, 5.74) is 0.0466. The molecular weight excluding hydrogens is 217 g/mol. The maximum Gasteiger partial charge on any atom is 0.310 e. The molecule has 0 aliphatic heterocycles. The van der Waals surface area contributed by atoms with Crippen molar-refractivity contribution in [2.24, 2.45) is 0 Å². The third-order valence-corrected chi connectivity index (χ3v) is 1.85. The Morgan fingerprint density at radius 3 is 2.81 bits per heavy atom. The number of halogens is 1. The summed E-state index contributed by atoms with van der Waals surface area (Å²) in [7, 11) is 0.